The highest BCUT2D eigenvalue weighted by Crippen LogP contribution is 2.63. The van der Waals surface area contributed by atoms with Crippen LogP contribution in [0.1, 0.15) is 84.1 Å². The maximum atomic E-state index is 13.5. The summed E-state index contributed by atoms with van der Waals surface area (Å²) in [6, 6.07) is 18.3. The molecule has 6 unspecified atom stereocenters. The van der Waals surface area contributed by atoms with Gasteiger partial charge >= 0.3 is 6.09 Å². The Balaban J connectivity index is 1.50. The van der Waals surface area contributed by atoms with Gasteiger partial charge in [-0.2, -0.15) is 0 Å². The van der Waals surface area contributed by atoms with Crippen LogP contribution in [-0.2, 0) is 14.4 Å². The molecule has 2 aliphatic carbocycles. The Morgan fingerprint density at radius 2 is 1.68 bits per heavy atom. The van der Waals surface area contributed by atoms with Gasteiger partial charge in [-0.1, -0.05) is 30.1 Å². The smallest absolute Gasteiger partial charge is 0.417 e. The molecule has 2 amide bonds. The summed E-state index contributed by atoms with van der Waals surface area (Å²) < 4.78 is 31.1. The molecule has 62 heavy (non-hydrogen) atoms. The zero-order valence-electron chi connectivity index (χ0n) is 36.6. The second-order valence-corrected chi connectivity index (χ2v) is 18.1. The number of thioether (sulfide) groups is 1. The van der Waals surface area contributed by atoms with Gasteiger partial charge in [0.1, 0.15) is 28.6 Å². The average Bonchev–Trinajstić information content (AvgIpc) is 3.24. The summed E-state index contributed by atoms with van der Waals surface area (Å²) in [6.45, 7) is 11.8. The van der Waals surface area contributed by atoms with Gasteiger partial charge in [0.25, 0.3) is 0 Å². The number of methoxy groups -OCH3 is 2. The van der Waals surface area contributed by atoms with Crippen LogP contribution in [0.25, 0.3) is 0 Å². The SMILES string of the molecule is C=CCOC12Oc3ccc(OC(=O)Nc4ccc(OC)cc4OC)cc3C3C(CCCCO)C(CCCCO)C=C(C(=NOC(C)(C)C)CC1Sc1ccc(NC(C)=O)cc1)C32. The summed E-state index contributed by atoms with van der Waals surface area (Å²) in [5, 5.41) is 30.0. The molecule has 0 bridgehead atoms. The van der Waals surface area contributed by atoms with Crippen LogP contribution in [0.5, 0.6) is 23.0 Å². The number of nitrogens with one attached hydrogen (secondary N) is 2. The number of amides is 2. The minimum absolute atomic E-state index is 0.0430. The molecule has 0 saturated heterocycles. The van der Waals surface area contributed by atoms with Crippen LogP contribution in [0.4, 0.5) is 16.2 Å². The second-order valence-electron chi connectivity index (χ2n) is 16.9. The summed E-state index contributed by atoms with van der Waals surface area (Å²) in [5.41, 5.74) is 3.19. The number of anilines is 2. The molecule has 6 rings (SSSR count). The first kappa shape index (κ1) is 46.5. The molecule has 14 heteroatoms. The Morgan fingerprint density at radius 3 is 2.34 bits per heavy atom. The van der Waals surface area contributed by atoms with E-state index < -0.39 is 23.4 Å². The van der Waals surface area contributed by atoms with Crippen molar-refractivity contribution < 1.29 is 48.3 Å². The van der Waals surface area contributed by atoms with Crippen LogP contribution >= 0.6 is 11.8 Å². The number of rotatable bonds is 19. The predicted molar refractivity (Wildman–Crippen MR) is 242 cm³/mol. The zero-order chi connectivity index (χ0) is 44.4. The van der Waals surface area contributed by atoms with Crippen molar-refractivity contribution in [2.24, 2.45) is 22.9 Å². The average molecular weight is 872 g/mol. The topological polar surface area (TPSA) is 166 Å². The van der Waals surface area contributed by atoms with Gasteiger partial charge in [0.15, 0.2) is 0 Å². The van der Waals surface area contributed by atoms with Crippen molar-refractivity contribution in [1.82, 2.24) is 0 Å². The predicted octanol–water partition coefficient (Wildman–Crippen LogP) is 9.50. The van der Waals surface area contributed by atoms with Gasteiger partial charge in [-0.25, -0.2) is 4.79 Å². The number of carbonyl (C=O) groups excluding carboxylic acids is 2. The van der Waals surface area contributed by atoms with Crippen LogP contribution in [-0.4, -0.2) is 78.6 Å². The maximum Gasteiger partial charge on any atom is 0.417 e. The summed E-state index contributed by atoms with van der Waals surface area (Å²) in [6.07, 6.45) is 8.35. The van der Waals surface area contributed by atoms with E-state index in [0.29, 0.717) is 53.6 Å². The molecule has 1 heterocycles. The second kappa shape index (κ2) is 20.9. The Morgan fingerprint density at radius 1 is 0.952 bits per heavy atom. The van der Waals surface area contributed by atoms with E-state index >= 15 is 0 Å². The first-order valence-electron chi connectivity index (χ1n) is 21.3. The zero-order valence-corrected chi connectivity index (χ0v) is 37.4. The van der Waals surface area contributed by atoms with Crippen LogP contribution in [0.15, 0.2) is 95.0 Å². The fourth-order valence-corrected chi connectivity index (χ4v) is 10.1. The molecule has 6 atom stereocenters. The number of hydrogen-bond acceptors (Lipinski definition) is 12. The van der Waals surface area contributed by atoms with Crippen LogP contribution in [0, 0.1) is 17.8 Å². The van der Waals surface area contributed by atoms with Gasteiger partial charge in [-0.15, -0.1) is 18.3 Å². The number of carbonyl (C=O) groups is 2. The van der Waals surface area contributed by atoms with Crippen molar-refractivity contribution in [3.8, 4) is 23.0 Å². The molecule has 3 aromatic carbocycles. The molecule has 1 fully saturated rings. The first-order valence-corrected chi connectivity index (χ1v) is 22.2. The number of nitrogens with zero attached hydrogens (tertiary/aromatic N) is 1. The fourth-order valence-electron chi connectivity index (χ4n) is 8.81. The number of benzene rings is 3. The highest BCUT2D eigenvalue weighted by atomic mass is 32.2. The van der Waals surface area contributed by atoms with E-state index in [1.54, 1.807) is 49.2 Å². The monoisotopic (exact) mass is 871 g/mol. The minimum Gasteiger partial charge on any atom is -0.497 e. The van der Waals surface area contributed by atoms with E-state index in [0.717, 1.165) is 47.4 Å². The molecule has 13 nitrogen and oxygen atoms in total. The van der Waals surface area contributed by atoms with E-state index in [2.05, 4.69) is 23.3 Å². The highest BCUT2D eigenvalue weighted by molar-refractivity contribution is 8.00. The molecule has 3 aromatic rings. The molecular formula is C48H61N3O10S. The Bertz CT molecular complexity index is 2100. The summed E-state index contributed by atoms with van der Waals surface area (Å²) in [5.74, 6) is 0.0388. The number of aliphatic hydroxyl groups excluding tert-OH is 2. The summed E-state index contributed by atoms with van der Waals surface area (Å²) in [4.78, 5) is 32.5. The van der Waals surface area contributed by atoms with Crippen molar-refractivity contribution in [1.29, 1.82) is 0 Å². The Labute approximate surface area is 369 Å². The Hall–Kier alpha value is -5.02. The van der Waals surface area contributed by atoms with Crippen molar-refractivity contribution in [2.45, 2.75) is 100 Å². The van der Waals surface area contributed by atoms with Crippen LogP contribution in [0.2, 0.25) is 0 Å². The third-order valence-corrected chi connectivity index (χ3v) is 12.7. The lowest BCUT2D eigenvalue weighted by Gasteiger charge is -2.58. The number of allylic oxidation sites excluding steroid dienone is 1. The number of fused-ring (bicyclic) bond motifs is 2. The van der Waals surface area contributed by atoms with Crippen molar-refractivity contribution in [3.05, 3.63) is 90.5 Å². The normalized spacial score (nSPS) is 23.2. The summed E-state index contributed by atoms with van der Waals surface area (Å²) >= 11 is 1.62. The minimum atomic E-state index is -1.23. The van der Waals surface area contributed by atoms with Crippen molar-refractivity contribution in [3.63, 3.8) is 0 Å². The Kier molecular flexibility index (Phi) is 15.7. The number of ether oxygens (including phenoxy) is 5. The number of oxime groups is 1. The number of unbranched alkanes of at least 4 members (excludes halogenated alkanes) is 2. The van der Waals surface area contributed by atoms with Gasteiger partial charge in [0.2, 0.25) is 11.7 Å². The maximum absolute atomic E-state index is 13.5. The van der Waals surface area contributed by atoms with Gasteiger partial charge in [-0.3, -0.25) is 10.1 Å². The summed E-state index contributed by atoms with van der Waals surface area (Å²) in [7, 11) is 3.07. The standard InChI is InChI=1S/C48H61N3O10S/c1-8-25-58-48-43(62-35-19-15-32(16-20-35)49-30(2)54)29-40(51-61-47(3,4)5)37-26-31(13-9-11-23-52)36(14-10-12-24-53)44(45(37)48)38-27-34(18-22-41(38)60-48)59-46(55)50-39-21-17-33(56-6)28-42(39)57-7/h8,15-22,26-28,31,36,43-45,52-53H,1,9-14,23-25,29H2,2-7H3,(H,49,54)(H,50,55). The lowest BCUT2D eigenvalue weighted by molar-refractivity contribution is -0.223. The molecule has 334 valence electrons. The molecule has 1 aliphatic heterocycles. The van der Waals surface area contributed by atoms with Gasteiger partial charge in [-0.05, 0) is 118 Å². The fraction of sp³-hybridized carbons (Fsp3) is 0.479. The van der Waals surface area contributed by atoms with E-state index in [4.69, 9.17) is 33.7 Å². The third kappa shape index (κ3) is 10.9. The lowest BCUT2D eigenvalue weighted by atomic mass is 9.56. The molecule has 0 aromatic heterocycles. The highest BCUT2D eigenvalue weighted by Gasteiger charge is 2.64. The van der Waals surface area contributed by atoms with E-state index in [9.17, 15) is 19.8 Å². The molecule has 1 saturated carbocycles. The van der Waals surface area contributed by atoms with E-state index in [-0.39, 0.29) is 48.7 Å². The number of hydrogen-bond donors (Lipinski definition) is 4. The number of aliphatic hydroxyl groups is 2. The van der Waals surface area contributed by atoms with Crippen molar-refractivity contribution >= 4 is 40.8 Å². The molecule has 4 N–H and O–H groups in total. The lowest BCUT2D eigenvalue weighted by Crippen LogP contribution is -2.64. The molecule has 0 radical (unpaired) electrons. The first-order chi connectivity index (χ1) is 29.8. The van der Waals surface area contributed by atoms with E-state index in [1.807, 2.05) is 57.2 Å². The third-order valence-electron chi connectivity index (χ3n) is 11.4. The molecule has 3 aliphatic rings. The molecule has 0 spiro atoms. The molecular weight excluding hydrogens is 811 g/mol. The van der Waals surface area contributed by atoms with Gasteiger partial charge in [0.05, 0.1) is 43.4 Å². The van der Waals surface area contributed by atoms with Gasteiger partial charge in [0, 0.05) is 54.7 Å². The van der Waals surface area contributed by atoms with Crippen molar-refractivity contribution in [2.75, 3.05) is 44.7 Å². The van der Waals surface area contributed by atoms with Gasteiger partial charge < -0.3 is 44.1 Å². The quantitative estimate of drug-likeness (QED) is 0.0515. The van der Waals surface area contributed by atoms with E-state index in [1.165, 1.54) is 14.0 Å². The largest absolute Gasteiger partial charge is 0.497 e. The van der Waals surface area contributed by atoms with Crippen LogP contribution < -0.4 is 29.6 Å². The van der Waals surface area contributed by atoms with Crippen LogP contribution in [0.3, 0.4) is 0 Å².